The van der Waals surface area contributed by atoms with Crippen molar-refractivity contribution >= 4 is 5.91 Å². The van der Waals surface area contributed by atoms with Gasteiger partial charge in [0.25, 0.3) is 0 Å². The highest BCUT2D eigenvalue weighted by molar-refractivity contribution is 5.77. The largest absolute Gasteiger partial charge is 0.369 e. The van der Waals surface area contributed by atoms with Crippen LogP contribution in [-0.2, 0) is 11.3 Å². The van der Waals surface area contributed by atoms with Crippen molar-refractivity contribution in [1.29, 1.82) is 0 Å². The van der Waals surface area contributed by atoms with E-state index in [-0.39, 0.29) is 11.8 Å². The molecular weight excluding hydrogens is 230 g/mol. The maximum Gasteiger partial charge on any atom is 0.223 e. The Morgan fingerprint density at radius 1 is 1.44 bits per heavy atom. The third-order valence-electron chi connectivity index (χ3n) is 3.21. The Morgan fingerprint density at radius 3 is 2.94 bits per heavy atom. The summed E-state index contributed by atoms with van der Waals surface area (Å²) in [5.74, 6) is -0.345. The molecule has 1 aliphatic rings. The molecule has 0 aliphatic carbocycles. The Balaban J connectivity index is 2.01. The van der Waals surface area contributed by atoms with Crippen molar-refractivity contribution in [2.24, 2.45) is 11.7 Å². The molecule has 2 N–H and O–H groups in total. The van der Waals surface area contributed by atoms with Crippen molar-refractivity contribution in [2.45, 2.75) is 6.54 Å². The fraction of sp³-hybridized carbons (Fsp3) is 0.583. The lowest BCUT2D eigenvalue weighted by Crippen LogP contribution is -2.37. The number of aromatic nitrogens is 2. The maximum absolute atomic E-state index is 11.4. The lowest BCUT2D eigenvalue weighted by Gasteiger charge is -2.21. The first kappa shape index (κ1) is 12.9. The summed E-state index contributed by atoms with van der Waals surface area (Å²) in [4.78, 5) is 24.1. The number of carbonyl (C=O) groups is 1. The molecule has 1 atom stereocenters. The van der Waals surface area contributed by atoms with Gasteiger partial charge in [0.2, 0.25) is 5.91 Å². The molecule has 1 saturated heterocycles. The zero-order chi connectivity index (χ0) is 13.0. The lowest BCUT2D eigenvalue weighted by atomic mass is 10.1. The fourth-order valence-corrected chi connectivity index (χ4v) is 2.20. The first-order valence-corrected chi connectivity index (χ1v) is 6.10. The van der Waals surface area contributed by atoms with Crippen LogP contribution in [0.2, 0.25) is 0 Å². The molecule has 98 valence electrons. The highest BCUT2D eigenvalue weighted by Crippen LogP contribution is 2.10. The van der Waals surface area contributed by atoms with E-state index < -0.39 is 0 Å². The zero-order valence-electron chi connectivity index (χ0n) is 10.6. The van der Waals surface area contributed by atoms with E-state index in [1.165, 1.54) is 0 Å². The van der Waals surface area contributed by atoms with Gasteiger partial charge in [0, 0.05) is 51.3 Å². The van der Waals surface area contributed by atoms with E-state index in [0.717, 1.165) is 25.3 Å². The Labute approximate surface area is 107 Å². The summed E-state index contributed by atoms with van der Waals surface area (Å²) in [5, 5.41) is 0. The van der Waals surface area contributed by atoms with Crippen molar-refractivity contribution in [2.75, 3.05) is 33.2 Å². The van der Waals surface area contributed by atoms with Gasteiger partial charge in [-0.25, -0.2) is 0 Å². The lowest BCUT2D eigenvalue weighted by molar-refractivity contribution is -0.122. The molecule has 1 aliphatic heterocycles. The highest BCUT2D eigenvalue weighted by atomic mass is 16.1. The Kier molecular flexibility index (Phi) is 4.22. The molecule has 2 rings (SSSR count). The molecule has 0 saturated carbocycles. The molecule has 0 radical (unpaired) electrons. The normalized spacial score (nSPS) is 22.6. The van der Waals surface area contributed by atoms with Gasteiger partial charge in [0.05, 0.1) is 11.6 Å². The second-order valence-electron chi connectivity index (χ2n) is 4.79. The van der Waals surface area contributed by atoms with E-state index in [1.54, 1.807) is 18.6 Å². The second-order valence-corrected chi connectivity index (χ2v) is 4.79. The SMILES string of the molecule is CN1CCN(Cc2cnccn2)C[C@@H](C(N)=O)C1. The quantitative estimate of drug-likeness (QED) is 0.768. The van der Waals surface area contributed by atoms with Crippen LogP contribution in [0.4, 0.5) is 0 Å². The molecule has 0 aromatic carbocycles. The average molecular weight is 249 g/mol. The van der Waals surface area contributed by atoms with E-state index in [0.29, 0.717) is 13.1 Å². The molecule has 6 heteroatoms. The number of hydrogen-bond acceptors (Lipinski definition) is 5. The summed E-state index contributed by atoms with van der Waals surface area (Å²) < 4.78 is 0. The number of primary amides is 1. The van der Waals surface area contributed by atoms with E-state index in [9.17, 15) is 4.79 Å². The third-order valence-corrected chi connectivity index (χ3v) is 3.21. The highest BCUT2D eigenvalue weighted by Gasteiger charge is 2.24. The standard InChI is InChI=1S/C12H19N5O/c1-16-4-5-17(8-10(7-16)12(13)18)9-11-6-14-2-3-15-11/h2-3,6,10H,4-5,7-9H2,1H3,(H2,13,18)/t10-/m0/s1. The van der Waals surface area contributed by atoms with Crippen LogP contribution in [0.25, 0.3) is 0 Å². The number of nitrogens with zero attached hydrogens (tertiary/aromatic N) is 4. The third kappa shape index (κ3) is 3.48. The predicted molar refractivity (Wildman–Crippen MR) is 67.5 cm³/mol. The number of rotatable bonds is 3. The summed E-state index contributed by atoms with van der Waals surface area (Å²) in [7, 11) is 2.02. The molecule has 1 aromatic heterocycles. The van der Waals surface area contributed by atoms with Crippen LogP contribution >= 0.6 is 0 Å². The molecule has 18 heavy (non-hydrogen) atoms. The average Bonchev–Trinajstić information content (AvgIpc) is 2.53. The summed E-state index contributed by atoms with van der Waals surface area (Å²) in [5.41, 5.74) is 6.36. The van der Waals surface area contributed by atoms with Crippen LogP contribution in [0.3, 0.4) is 0 Å². The Bertz CT molecular complexity index is 397. The monoisotopic (exact) mass is 249 g/mol. The van der Waals surface area contributed by atoms with Gasteiger partial charge in [-0.15, -0.1) is 0 Å². The van der Waals surface area contributed by atoms with Gasteiger partial charge in [-0.05, 0) is 7.05 Å². The van der Waals surface area contributed by atoms with Gasteiger partial charge < -0.3 is 10.6 Å². The number of nitrogens with two attached hydrogens (primary N) is 1. The Morgan fingerprint density at radius 2 is 2.28 bits per heavy atom. The van der Waals surface area contributed by atoms with Crippen molar-refractivity contribution in [1.82, 2.24) is 19.8 Å². The van der Waals surface area contributed by atoms with Crippen LogP contribution in [0.15, 0.2) is 18.6 Å². The van der Waals surface area contributed by atoms with Crippen LogP contribution in [0, 0.1) is 5.92 Å². The molecule has 0 spiro atoms. The van der Waals surface area contributed by atoms with Crippen molar-refractivity contribution < 1.29 is 4.79 Å². The van der Waals surface area contributed by atoms with E-state index >= 15 is 0 Å². The minimum atomic E-state index is -0.229. The summed E-state index contributed by atoms with van der Waals surface area (Å²) in [6.07, 6.45) is 5.10. The van der Waals surface area contributed by atoms with Crippen LogP contribution in [0.5, 0.6) is 0 Å². The smallest absolute Gasteiger partial charge is 0.223 e. The van der Waals surface area contributed by atoms with Gasteiger partial charge in [-0.2, -0.15) is 0 Å². The molecule has 6 nitrogen and oxygen atoms in total. The van der Waals surface area contributed by atoms with Gasteiger partial charge in [0.15, 0.2) is 0 Å². The number of amides is 1. The summed E-state index contributed by atoms with van der Waals surface area (Å²) in [6.45, 7) is 3.98. The minimum absolute atomic E-state index is 0.117. The van der Waals surface area contributed by atoms with Gasteiger partial charge >= 0.3 is 0 Å². The minimum Gasteiger partial charge on any atom is -0.369 e. The molecule has 1 amide bonds. The maximum atomic E-state index is 11.4. The first-order valence-electron chi connectivity index (χ1n) is 6.10. The number of carbonyl (C=O) groups excluding carboxylic acids is 1. The van der Waals surface area contributed by atoms with Crippen molar-refractivity contribution in [3.8, 4) is 0 Å². The first-order chi connectivity index (χ1) is 8.65. The van der Waals surface area contributed by atoms with Crippen LogP contribution in [-0.4, -0.2) is 58.9 Å². The predicted octanol–water partition coefficient (Wildman–Crippen LogP) is -0.674. The topological polar surface area (TPSA) is 75.3 Å². The van der Waals surface area contributed by atoms with Crippen molar-refractivity contribution in [3.63, 3.8) is 0 Å². The van der Waals surface area contributed by atoms with Crippen LogP contribution < -0.4 is 5.73 Å². The Hall–Kier alpha value is -1.53. The van der Waals surface area contributed by atoms with E-state index in [2.05, 4.69) is 19.8 Å². The molecule has 1 fully saturated rings. The van der Waals surface area contributed by atoms with Crippen molar-refractivity contribution in [3.05, 3.63) is 24.3 Å². The van der Waals surface area contributed by atoms with Crippen LogP contribution in [0.1, 0.15) is 5.69 Å². The van der Waals surface area contributed by atoms with Gasteiger partial charge in [-0.1, -0.05) is 0 Å². The zero-order valence-corrected chi connectivity index (χ0v) is 10.6. The molecule has 1 aromatic rings. The molecule has 0 unspecified atom stereocenters. The second kappa shape index (κ2) is 5.88. The summed E-state index contributed by atoms with van der Waals surface area (Å²) in [6, 6.07) is 0. The van der Waals surface area contributed by atoms with Gasteiger partial charge in [0.1, 0.15) is 0 Å². The molecule has 2 heterocycles. The number of hydrogen-bond donors (Lipinski definition) is 1. The fourth-order valence-electron chi connectivity index (χ4n) is 2.20. The molecular formula is C12H19N5O. The molecule has 0 bridgehead atoms. The van der Waals surface area contributed by atoms with E-state index in [4.69, 9.17) is 5.73 Å². The number of likely N-dealkylation sites (N-methyl/N-ethyl adjacent to an activating group) is 1. The van der Waals surface area contributed by atoms with E-state index in [1.807, 2.05) is 7.05 Å². The van der Waals surface area contributed by atoms with Gasteiger partial charge in [-0.3, -0.25) is 19.7 Å². The summed E-state index contributed by atoms with van der Waals surface area (Å²) >= 11 is 0.